The van der Waals surface area contributed by atoms with E-state index in [1.165, 1.54) is 5.56 Å². The maximum Gasteiger partial charge on any atom is 0.287 e. The van der Waals surface area contributed by atoms with Crippen LogP contribution in [0.3, 0.4) is 0 Å². The van der Waals surface area contributed by atoms with Crippen molar-refractivity contribution < 1.29 is 9.21 Å². The lowest BCUT2D eigenvalue weighted by Gasteiger charge is -2.30. The van der Waals surface area contributed by atoms with Crippen molar-refractivity contribution in [2.45, 2.75) is 19.9 Å². The van der Waals surface area contributed by atoms with Crippen LogP contribution in [0.1, 0.15) is 36.0 Å². The molecule has 1 atom stereocenters. The molecule has 0 spiro atoms. The monoisotopic (exact) mass is 396 g/mol. The molecule has 4 nitrogen and oxygen atoms in total. The molecule has 0 bridgehead atoms. The van der Waals surface area contributed by atoms with Crippen molar-refractivity contribution in [2.24, 2.45) is 0 Å². The van der Waals surface area contributed by atoms with Crippen LogP contribution in [-0.4, -0.2) is 30.4 Å². The molecule has 28 heavy (non-hydrogen) atoms. The quantitative estimate of drug-likeness (QED) is 0.553. The summed E-state index contributed by atoms with van der Waals surface area (Å²) in [4.78, 5) is 15.0. The first-order valence-electron chi connectivity index (χ1n) is 9.56. The van der Waals surface area contributed by atoms with Crippen molar-refractivity contribution in [2.75, 3.05) is 19.6 Å². The Bertz CT molecular complexity index is 904. The zero-order chi connectivity index (χ0) is 19.9. The van der Waals surface area contributed by atoms with E-state index in [9.17, 15) is 4.79 Å². The van der Waals surface area contributed by atoms with Gasteiger partial charge in [-0.25, -0.2) is 0 Å². The van der Waals surface area contributed by atoms with Gasteiger partial charge >= 0.3 is 0 Å². The van der Waals surface area contributed by atoms with Crippen molar-refractivity contribution >= 4 is 17.5 Å². The van der Waals surface area contributed by atoms with Gasteiger partial charge in [0, 0.05) is 12.1 Å². The molecule has 0 fully saturated rings. The fourth-order valence-corrected chi connectivity index (χ4v) is 3.57. The van der Waals surface area contributed by atoms with Gasteiger partial charge in [-0.15, -0.1) is 0 Å². The number of amides is 1. The Hall–Kier alpha value is -2.56. The molecule has 1 amide bonds. The fraction of sp³-hybridized carbons (Fsp3) is 0.261. The largest absolute Gasteiger partial charge is 0.451 e. The molecule has 1 heterocycles. The van der Waals surface area contributed by atoms with Crippen LogP contribution in [0.2, 0.25) is 5.02 Å². The summed E-state index contributed by atoms with van der Waals surface area (Å²) in [5, 5.41) is 3.61. The number of halogens is 1. The molecular weight excluding hydrogens is 372 g/mol. The van der Waals surface area contributed by atoms with Crippen LogP contribution >= 0.6 is 11.6 Å². The molecule has 0 aliphatic heterocycles. The lowest BCUT2D eigenvalue weighted by molar-refractivity contribution is 0.0908. The van der Waals surface area contributed by atoms with E-state index in [0.29, 0.717) is 17.3 Å². The Morgan fingerprint density at radius 3 is 2.36 bits per heavy atom. The highest BCUT2D eigenvalue weighted by atomic mass is 35.5. The summed E-state index contributed by atoms with van der Waals surface area (Å²) in [5.74, 6) is 0.631. The van der Waals surface area contributed by atoms with Crippen molar-refractivity contribution in [3.05, 3.63) is 83.1 Å². The van der Waals surface area contributed by atoms with Crippen LogP contribution in [-0.2, 0) is 0 Å². The third-order valence-corrected chi connectivity index (χ3v) is 5.19. The van der Waals surface area contributed by atoms with Gasteiger partial charge < -0.3 is 9.73 Å². The van der Waals surface area contributed by atoms with Gasteiger partial charge in [-0.3, -0.25) is 9.69 Å². The van der Waals surface area contributed by atoms with Crippen molar-refractivity contribution in [3.8, 4) is 11.3 Å². The van der Waals surface area contributed by atoms with Crippen LogP contribution in [0.5, 0.6) is 0 Å². The number of rotatable bonds is 8. The van der Waals surface area contributed by atoms with E-state index in [-0.39, 0.29) is 17.7 Å². The molecule has 0 aliphatic carbocycles. The van der Waals surface area contributed by atoms with Gasteiger partial charge in [0.2, 0.25) is 0 Å². The predicted molar refractivity (Wildman–Crippen MR) is 114 cm³/mol. The molecule has 1 N–H and O–H groups in total. The van der Waals surface area contributed by atoms with Crippen LogP contribution in [0.4, 0.5) is 0 Å². The first kappa shape index (κ1) is 20.2. The summed E-state index contributed by atoms with van der Waals surface area (Å²) < 4.78 is 5.75. The Morgan fingerprint density at radius 1 is 1.00 bits per heavy atom. The summed E-state index contributed by atoms with van der Waals surface area (Å²) >= 11 is 6.22. The summed E-state index contributed by atoms with van der Waals surface area (Å²) in [7, 11) is 0. The Kier molecular flexibility index (Phi) is 6.90. The molecule has 5 heteroatoms. The highest BCUT2D eigenvalue weighted by Crippen LogP contribution is 2.29. The van der Waals surface area contributed by atoms with Gasteiger partial charge in [0.05, 0.1) is 11.1 Å². The first-order chi connectivity index (χ1) is 13.6. The van der Waals surface area contributed by atoms with Crippen molar-refractivity contribution in [1.82, 2.24) is 10.2 Å². The van der Waals surface area contributed by atoms with E-state index in [0.717, 1.165) is 18.7 Å². The molecule has 0 radical (unpaired) electrons. The maximum absolute atomic E-state index is 12.7. The zero-order valence-corrected chi connectivity index (χ0v) is 16.9. The Labute approximate surface area is 171 Å². The molecule has 3 rings (SSSR count). The van der Waals surface area contributed by atoms with E-state index in [1.54, 1.807) is 18.2 Å². The normalized spacial score (nSPS) is 12.1. The molecule has 0 aliphatic rings. The fourth-order valence-electron chi connectivity index (χ4n) is 3.34. The van der Waals surface area contributed by atoms with Gasteiger partial charge in [-0.1, -0.05) is 67.9 Å². The third kappa shape index (κ3) is 4.64. The summed E-state index contributed by atoms with van der Waals surface area (Å²) in [5.41, 5.74) is 1.95. The Morgan fingerprint density at radius 2 is 1.68 bits per heavy atom. The molecule has 3 aromatic rings. The average Bonchev–Trinajstić information content (AvgIpc) is 3.22. The Balaban J connectivity index is 1.72. The van der Waals surface area contributed by atoms with Crippen LogP contribution in [0.15, 0.2) is 71.1 Å². The van der Waals surface area contributed by atoms with Crippen molar-refractivity contribution in [3.63, 3.8) is 0 Å². The van der Waals surface area contributed by atoms with E-state index in [1.807, 2.05) is 36.4 Å². The second-order valence-electron chi connectivity index (χ2n) is 6.50. The molecular formula is C23H25ClN2O2. The smallest absolute Gasteiger partial charge is 0.287 e. The number of likely N-dealkylation sites (N-methyl/N-ethyl adjacent to an activating group) is 1. The molecule has 1 aromatic heterocycles. The second kappa shape index (κ2) is 9.58. The summed E-state index contributed by atoms with van der Waals surface area (Å²) in [6.45, 7) is 6.58. The van der Waals surface area contributed by atoms with E-state index >= 15 is 0 Å². The van der Waals surface area contributed by atoms with Gasteiger partial charge in [0.15, 0.2) is 5.76 Å². The van der Waals surface area contributed by atoms with Gasteiger partial charge in [0.25, 0.3) is 5.91 Å². The highest BCUT2D eigenvalue weighted by Gasteiger charge is 2.20. The van der Waals surface area contributed by atoms with E-state index in [4.69, 9.17) is 16.0 Å². The molecule has 1 unspecified atom stereocenters. The first-order valence-corrected chi connectivity index (χ1v) is 9.93. The minimum absolute atomic E-state index is 0.109. The van der Waals surface area contributed by atoms with Gasteiger partial charge in [-0.2, -0.15) is 0 Å². The number of nitrogens with zero attached hydrogens (tertiary/aromatic N) is 1. The molecule has 146 valence electrons. The maximum atomic E-state index is 12.7. The number of hydrogen-bond donors (Lipinski definition) is 1. The summed E-state index contributed by atoms with van der Waals surface area (Å²) in [6, 6.07) is 21.2. The predicted octanol–water partition coefficient (Wildman–Crippen LogP) is 5.41. The topological polar surface area (TPSA) is 45.5 Å². The number of carbonyl (C=O) groups is 1. The minimum Gasteiger partial charge on any atom is -0.451 e. The van der Waals surface area contributed by atoms with Crippen molar-refractivity contribution in [1.29, 1.82) is 0 Å². The molecule has 0 saturated carbocycles. The van der Waals surface area contributed by atoms with Gasteiger partial charge in [0.1, 0.15) is 5.76 Å². The van der Waals surface area contributed by atoms with Crippen LogP contribution in [0, 0.1) is 0 Å². The lowest BCUT2D eigenvalue weighted by atomic mass is 10.1. The SMILES string of the molecule is CCN(CC)C(CNC(=O)c1ccc(-c2ccccc2Cl)o1)c1ccccc1. The number of nitrogens with one attached hydrogen (secondary N) is 1. The van der Waals surface area contributed by atoms with E-state index in [2.05, 4.69) is 36.2 Å². The number of furan rings is 1. The molecule has 2 aromatic carbocycles. The highest BCUT2D eigenvalue weighted by molar-refractivity contribution is 6.33. The number of carbonyl (C=O) groups excluding carboxylic acids is 1. The summed E-state index contributed by atoms with van der Waals surface area (Å²) in [6.07, 6.45) is 0. The number of benzene rings is 2. The number of hydrogen-bond acceptors (Lipinski definition) is 3. The van der Waals surface area contributed by atoms with Gasteiger partial charge in [-0.05, 0) is 42.9 Å². The lowest BCUT2D eigenvalue weighted by Crippen LogP contribution is -2.38. The van der Waals surface area contributed by atoms with Crippen LogP contribution in [0.25, 0.3) is 11.3 Å². The minimum atomic E-state index is -0.230. The standard InChI is InChI=1S/C23H25ClN2O2/c1-3-26(4-2)20(17-10-6-5-7-11-17)16-25-23(27)22-15-14-21(28-22)18-12-8-9-13-19(18)24/h5-15,20H,3-4,16H2,1-2H3,(H,25,27). The zero-order valence-electron chi connectivity index (χ0n) is 16.2. The van der Waals surface area contributed by atoms with E-state index < -0.39 is 0 Å². The second-order valence-corrected chi connectivity index (χ2v) is 6.91. The van der Waals surface area contributed by atoms with Crippen LogP contribution < -0.4 is 5.32 Å². The molecule has 0 saturated heterocycles. The third-order valence-electron chi connectivity index (χ3n) is 4.86. The average molecular weight is 397 g/mol.